The maximum absolute atomic E-state index is 13.5. The number of para-hydroxylation sites is 1. The van der Waals surface area contributed by atoms with Crippen LogP contribution in [-0.2, 0) is 14.6 Å². The lowest BCUT2D eigenvalue weighted by Crippen LogP contribution is -2.50. The zero-order chi connectivity index (χ0) is 24.6. The molecule has 9 heteroatoms. The Morgan fingerprint density at radius 2 is 1.46 bits per heavy atom. The molecule has 1 aliphatic rings. The summed E-state index contributed by atoms with van der Waals surface area (Å²) in [6.45, 7) is 0. The van der Waals surface area contributed by atoms with Crippen LogP contribution in [-0.4, -0.2) is 47.8 Å². The predicted octanol–water partition coefficient (Wildman–Crippen LogP) is 3.31. The number of amides is 3. The molecule has 174 valence electrons. The van der Waals surface area contributed by atoms with E-state index >= 15 is 0 Å². The lowest BCUT2D eigenvalue weighted by Gasteiger charge is -2.25. The third kappa shape index (κ3) is 4.06. The molecule has 0 aliphatic carbocycles. The fraction of sp³-hybridized carbons (Fsp3) is 0.0769. The Bertz CT molecular complexity index is 1540. The first-order valence-electron chi connectivity index (χ1n) is 10.8. The molecular weight excluding hydrogens is 466 g/mol. The van der Waals surface area contributed by atoms with Crippen LogP contribution in [0.2, 0.25) is 0 Å². The molecule has 0 radical (unpaired) electrons. The fourth-order valence-electron chi connectivity index (χ4n) is 4.11. The standard InChI is InChI=1S/C26H19N3O5S/c30-24(28-21-14-6-8-17-9-7-15-27-23(17)21)22(16-35(33,34)18-10-2-1-3-11-18)29-25(31)19-12-4-5-13-20(19)26(29)32/h1-15,22H,16H2,(H,28,30)/t22-/m0/s1. The summed E-state index contributed by atoms with van der Waals surface area (Å²) in [7, 11) is -4.03. The first-order valence-corrected chi connectivity index (χ1v) is 12.4. The van der Waals surface area contributed by atoms with Gasteiger partial charge in [-0.3, -0.25) is 24.3 Å². The van der Waals surface area contributed by atoms with Crippen LogP contribution in [0.25, 0.3) is 10.9 Å². The van der Waals surface area contributed by atoms with Crippen LogP contribution in [0, 0.1) is 0 Å². The number of fused-ring (bicyclic) bond motifs is 2. The minimum absolute atomic E-state index is 0.0127. The van der Waals surface area contributed by atoms with E-state index in [0.717, 1.165) is 10.3 Å². The van der Waals surface area contributed by atoms with Crippen LogP contribution >= 0.6 is 0 Å². The number of nitrogens with zero attached hydrogens (tertiary/aromatic N) is 2. The van der Waals surface area contributed by atoms with Crippen molar-refractivity contribution in [3.05, 3.63) is 102 Å². The second-order valence-corrected chi connectivity index (χ2v) is 10.0. The molecule has 1 aromatic heterocycles. The number of nitrogens with one attached hydrogen (secondary N) is 1. The molecular formula is C26H19N3O5S. The lowest BCUT2D eigenvalue weighted by molar-refractivity contribution is -0.119. The van der Waals surface area contributed by atoms with Crippen molar-refractivity contribution in [1.82, 2.24) is 9.88 Å². The number of imide groups is 1. The third-order valence-electron chi connectivity index (χ3n) is 5.81. The predicted molar refractivity (Wildman–Crippen MR) is 130 cm³/mol. The number of hydrogen-bond donors (Lipinski definition) is 1. The molecule has 0 unspecified atom stereocenters. The number of carbonyl (C=O) groups is 3. The van der Waals surface area contributed by atoms with Crippen LogP contribution in [0.4, 0.5) is 5.69 Å². The van der Waals surface area contributed by atoms with Gasteiger partial charge < -0.3 is 5.32 Å². The molecule has 3 amide bonds. The van der Waals surface area contributed by atoms with E-state index in [9.17, 15) is 22.8 Å². The number of rotatable bonds is 6. The van der Waals surface area contributed by atoms with Crippen LogP contribution in [0.1, 0.15) is 20.7 Å². The van der Waals surface area contributed by atoms with E-state index < -0.39 is 39.4 Å². The van der Waals surface area contributed by atoms with Gasteiger partial charge in [0.25, 0.3) is 11.8 Å². The van der Waals surface area contributed by atoms with E-state index in [2.05, 4.69) is 10.3 Å². The molecule has 0 fully saturated rings. The number of sulfone groups is 1. The number of benzene rings is 3. The van der Waals surface area contributed by atoms with Crippen molar-refractivity contribution in [3.8, 4) is 0 Å². The van der Waals surface area contributed by atoms with Gasteiger partial charge in [-0.05, 0) is 36.4 Å². The zero-order valence-corrected chi connectivity index (χ0v) is 19.1. The Hall–Kier alpha value is -4.37. The van der Waals surface area contributed by atoms with Crippen molar-refractivity contribution in [1.29, 1.82) is 0 Å². The Labute approximate surface area is 201 Å². The van der Waals surface area contributed by atoms with Gasteiger partial charge >= 0.3 is 0 Å². The average molecular weight is 486 g/mol. The van der Waals surface area contributed by atoms with Crippen molar-refractivity contribution in [3.63, 3.8) is 0 Å². The molecule has 1 atom stereocenters. The molecule has 35 heavy (non-hydrogen) atoms. The summed E-state index contributed by atoms with van der Waals surface area (Å²) in [5.74, 6) is -3.01. The summed E-state index contributed by atoms with van der Waals surface area (Å²) in [4.78, 5) is 44.9. The number of carbonyl (C=O) groups excluding carboxylic acids is 3. The van der Waals surface area contributed by atoms with Gasteiger partial charge in [-0.25, -0.2) is 8.42 Å². The highest BCUT2D eigenvalue weighted by molar-refractivity contribution is 7.91. The summed E-state index contributed by atoms with van der Waals surface area (Å²) >= 11 is 0. The molecule has 4 aromatic rings. The van der Waals surface area contributed by atoms with E-state index in [0.29, 0.717) is 11.2 Å². The van der Waals surface area contributed by atoms with Crippen molar-refractivity contribution >= 4 is 44.1 Å². The second-order valence-electron chi connectivity index (χ2n) is 8.01. The highest BCUT2D eigenvalue weighted by Gasteiger charge is 2.44. The normalized spacial score (nSPS) is 14.1. The molecule has 8 nitrogen and oxygen atoms in total. The number of aromatic nitrogens is 1. The molecule has 1 aliphatic heterocycles. The summed E-state index contributed by atoms with van der Waals surface area (Å²) in [5.41, 5.74) is 1.08. The Kier molecular flexibility index (Phi) is 5.62. The number of anilines is 1. The van der Waals surface area contributed by atoms with Crippen LogP contribution < -0.4 is 5.32 Å². The van der Waals surface area contributed by atoms with E-state index in [1.807, 2.05) is 12.1 Å². The minimum Gasteiger partial charge on any atom is -0.322 e. The van der Waals surface area contributed by atoms with Crippen molar-refractivity contribution in [2.45, 2.75) is 10.9 Å². The molecule has 3 aromatic carbocycles. The Morgan fingerprint density at radius 1 is 0.829 bits per heavy atom. The summed E-state index contributed by atoms with van der Waals surface area (Å²) in [5, 5.41) is 3.46. The highest BCUT2D eigenvalue weighted by Crippen LogP contribution is 2.28. The fourth-order valence-corrected chi connectivity index (χ4v) is 5.59. The topological polar surface area (TPSA) is 114 Å². The first-order chi connectivity index (χ1) is 16.9. The van der Waals surface area contributed by atoms with Gasteiger partial charge in [-0.1, -0.05) is 48.5 Å². The summed E-state index contributed by atoms with van der Waals surface area (Å²) < 4.78 is 26.4. The van der Waals surface area contributed by atoms with E-state index in [1.165, 1.54) is 24.3 Å². The van der Waals surface area contributed by atoms with Gasteiger partial charge in [-0.2, -0.15) is 0 Å². The number of hydrogen-bond acceptors (Lipinski definition) is 6. The summed E-state index contributed by atoms with van der Waals surface area (Å²) in [6, 6.07) is 20.9. The van der Waals surface area contributed by atoms with Crippen molar-refractivity contribution in [2.75, 3.05) is 11.1 Å². The van der Waals surface area contributed by atoms with Gasteiger partial charge in [-0.15, -0.1) is 0 Å². The van der Waals surface area contributed by atoms with Crippen molar-refractivity contribution < 1.29 is 22.8 Å². The van der Waals surface area contributed by atoms with Crippen LogP contribution in [0.5, 0.6) is 0 Å². The maximum Gasteiger partial charge on any atom is 0.262 e. The van der Waals surface area contributed by atoms with E-state index in [1.54, 1.807) is 54.7 Å². The molecule has 2 heterocycles. The Morgan fingerprint density at radius 3 is 2.14 bits per heavy atom. The van der Waals surface area contributed by atoms with Gasteiger partial charge in [0.05, 0.1) is 33.0 Å². The average Bonchev–Trinajstić information content (AvgIpc) is 3.13. The van der Waals surface area contributed by atoms with Gasteiger partial charge in [0, 0.05) is 11.6 Å². The molecule has 0 spiro atoms. The smallest absolute Gasteiger partial charge is 0.262 e. The molecule has 0 saturated carbocycles. The van der Waals surface area contributed by atoms with Gasteiger partial charge in [0.15, 0.2) is 9.84 Å². The third-order valence-corrected chi connectivity index (χ3v) is 7.55. The quantitative estimate of drug-likeness (QED) is 0.419. The Balaban J connectivity index is 1.55. The van der Waals surface area contributed by atoms with Gasteiger partial charge in [0.2, 0.25) is 5.91 Å². The highest BCUT2D eigenvalue weighted by atomic mass is 32.2. The summed E-state index contributed by atoms with van der Waals surface area (Å²) in [6.07, 6.45) is 1.57. The first kappa shape index (κ1) is 22.4. The van der Waals surface area contributed by atoms with Crippen LogP contribution in [0.15, 0.2) is 96.0 Å². The van der Waals surface area contributed by atoms with Crippen LogP contribution in [0.3, 0.4) is 0 Å². The second kappa shape index (κ2) is 8.77. The largest absolute Gasteiger partial charge is 0.322 e. The van der Waals surface area contributed by atoms with E-state index in [-0.39, 0.29) is 16.0 Å². The number of pyridine rings is 1. The zero-order valence-electron chi connectivity index (χ0n) is 18.3. The van der Waals surface area contributed by atoms with E-state index in [4.69, 9.17) is 0 Å². The molecule has 0 bridgehead atoms. The molecule has 0 saturated heterocycles. The molecule has 5 rings (SSSR count). The molecule has 1 N–H and O–H groups in total. The van der Waals surface area contributed by atoms with Gasteiger partial charge in [0.1, 0.15) is 6.04 Å². The van der Waals surface area contributed by atoms with Crippen molar-refractivity contribution in [2.24, 2.45) is 0 Å². The maximum atomic E-state index is 13.5. The SMILES string of the molecule is O=C(Nc1cccc2cccnc12)[C@H](CS(=O)(=O)c1ccccc1)N1C(=O)c2ccccc2C1=O. The minimum atomic E-state index is -4.03. The monoisotopic (exact) mass is 485 g/mol. The lowest BCUT2D eigenvalue weighted by atomic mass is 10.1.